The first kappa shape index (κ1) is 17.2. The van der Waals surface area contributed by atoms with Crippen LogP contribution in [0.4, 0.5) is 13.2 Å². The van der Waals surface area contributed by atoms with E-state index in [0.717, 1.165) is 11.3 Å². The first-order valence-corrected chi connectivity index (χ1v) is 6.88. The number of rotatable bonds is 5. The van der Waals surface area contributed by atoms with Gasteiger partial charge < -0.3 is 15.0 Å². The highest BCUT2D eigenvalue weighted by atomic mass is 19.4. The van der Waals surface area contributed by atoms with E-state index in [1.807, 2.05) is 6.92 Å². The Labute approximate surface area is 117 Å². The largest absolute Gasteiger partial charge is 0.408 e. The van der Waals surface area contributed by atoms with Gasteiger partial charge in [0.25, 0.3) is 0 Å². The van der Waals surface area contributed by atoms with E-state index in [0.29, 0.717) is 13.0 Å². The van der Waals surface area contributed by atoms with Crippen molar-refractivity contribution in [3.8, 4) is 0 Å². The van der Waals surface area contributed by atoms with Gasteiger partial charge in [0.05, 0.1) is 6.61 Å². The van der Waals surface area contributed by atoms with Gasteiger partial charge in [-0.2, -0.15) is 13.2 Å². The minimum absolute atomic E-state index is 0.0514. The summed E-state index contributed by atoms with van der Waals surface area (Å²) in [5.74, 6) is -0.529. The summed E-state index contributed by atoms with van der Waals surface area (Å²) in [6.45, 7) is 3.78. The Bertz CT molecular complexity index is 323. The third-order valence-electron chi connectivity index (χ3n) is 3.70. The van der Waals surface area contributed by atoms with Crippen LogP contribution in [0.5, 0.6) is 0 Å². The number of methoxy groups -OCH3 is 1. The number of nitrogens with zero attached hydrogens (tertiary/aromatic N) is 1. The number of carbonyl (C=O) groups is 1. The Kier molecular flexibility index (Phi) is 6.26. The molecule has 4 nitrogen and oxygen atoms in total. The molecule has 20 heavy (non-hydrogen) atoms. The molecular formula is C13H23F3N2O2. The number of hydrogen-bond donors (Lipinski definition) is 1. The van der Waals surface area contributed by atoms with Crippen LogP contribution in [0, 0.1) is 0 Å². The van der Waals surface area contributed by atoms with E-state index in [2.05, 4.69) is 5.32 Å². The fraction of sp³-hybridized carbons (Fsp3) is 0.923. The highest BCUT2D eigenvalue weighted by molar-refractivity contribution is 5.73. The van der Waals surface area contributed by atoms with Crippen LogP contribution >= 0.6 is 0 Å². The number of carbonyl (C=O) groups excluding carboxylic acids is 1. The second-order valence-corrected chi connectivity index (χ2v) is 5.23. The minimum Gasteiger partial charge on any atom is -0.383 e. The molecule has 3 unspecified atom stereocenters. The smallest absolute Gasteiger partial charge is 0.383 e. The van der Waals surface area contributed by atoms with Crippen LogP contribution in [-0.2, 0) is 9.53 Å². The Balaban J connectivity index is 2.66. The first-order chi connectivity index (χ1) is 9.29. The molecule has 0 aromatic rings. The zero-order valence-corrected chi connectivity index (χ0v) is 12.2. The van der Waals surface area contributed by atoms with Crippen LogP contribution < -0.4 is 5.32 Å². The number of halogens is 3. The maximum atomic E-state index is 12.9. The average molecular weight is 296 g/mol. The van der Waals surface area contributed by atoms with Gasteiger partial charge in [-0.25, -0.2) is 0 Å². The molecule has 1 aliphatic rings. The van der Waals surface area contributed by atoms with Gasteiger partial charge in [-0.3, -0.25) is 4.79 Å². The van der Waals surface area contributed by atoms with E-state index in [1.54, 1.807) is 7.11 Å². The summed E-state index contributed by atoms with van der Waals surface area (Å²) in [4.78, 5) is 12.4. The van der Waals surface area contributed by atoms with Crippen molar-refractivity contribution in [2.24, 2.45) is 0 Å². The lowest BCUT2D eigenvalue weighted by Crippen LogP contribution is -2.58. The van der Waals surface area contributed by atoms with Gasteiger partial charge in [-0.1, -0.05) is 6.92 Å². The highest BCUT2D eigenvalue weighted by Gasteiger charge is 2.47. The van der Waals surface area contributed by atoms with Gasteiger partial charge in [0.15, 0.2) is 0 Å². The third-order valence-corrected chi connectivity index (χ3v) is 3.70. The van der Waals surface area contributed by atoms with Gasteiger partial charge in [-0.15, -0.1) is 0 Å². The molecule has 0 spiro atoms. The molecule has 1 heterocycles. The lowest BCUT2D eigenvalue weighted by molar-refractivity contribution is -0.196. The molecule has 1 N–H and O–H groups in total. The number of ether oxygens (including phenoxy) is 1. The Hall–Kier alpha value is -0.820. The summed E-state index contributed by atoms with van der Waals surface area (Å²) in [5, 5.41) is 3.28. The molecule has 1 amide bonds. The molecule has 0 radical (unpaired) electrons. The maximum absolute atomic E-state index is 12.9. The molecule has 0 aromatic heterocycles. The molecule has 1 fully saturated rings. The maximum Gasteiger partial charge on any atom is 0.408 e. The van der Waals surface area contributed by atoms with Crippen molar-refractivity contribution >= 4 is 5.91 Å². The Morgan fingerprint density at radius 1 is 1.45 bits per heavy atom. The van der Waals surface area contributed by atoms with E-state index < -0.39 is 18.1 Å². The molecule has 3 atom stereocenters. The summed E-state index contributed by atoms with van der Waals surface area (Å²) < 4.78 is 43.7. The van der Waals surface area contributed by atoms with Crippen molar-refractivity contribution in [3.05, 3.63) is 0 Å². The molecule has 0 saturated carbocycles. The van der Waals surface area contributed by atoms with Crippen molar-refractivity contribution in [2.45, 2.75) is 57.4 Å². The zero-order chi connectivity index (χ0) is 15.3. The number of likely N-dealkylation sites (tertiary alicyclic amines) is 1. The second-order valence-electron chi connectivity index (χ2n) is 5.23. The van der Waals surface area contributed by atoms with Gasteiger partial charge in [0.2, 0.25) is 5.91 Å². The van der Waals surface area contributed by atoms with E-state index >= 15 is 0 Å². The first-order valence-electron chi connectivity index (χ1n) is 6.88. The van der Waals surface area contributed by atoms with Crippen LogP contribution in [-0.4, -0.2) is 55.4 Å². The molecule has 7 heteroatoms. The van der Waals surface area contributed by atoms with Crippen LogP contribution in [0.25, 0.3) is 0 Å². The SMILES string of the molecule is CCC(COC)NC1CCC(C(F)(F)F)N(C(C)=O)C1. The summed E-state index contributed by atoms with van der Waals surface area (Å²) >= 11 is 0. The molecule has 0 bridgehead atoms. The quantitative estimate of drug-likeness (QED) is 0.843. The molecular weight excluding hydrogens is 273 g/mol. The molecule has 1 rings (SSSR count). The zero-order valence-electron chi connectivity index (χ0n) is 12.2. The second kappa shape index (κ2) is 7.26. The average Bonchev–Trinajstić information content (AvgIpc) is 2.36. The van der Waals surface area contributed by atoms with Crippen LogP contribution in [0.15, 0.2) is 0 Å². The predicted molar refractivity (Wildman–Crippen MR) is 69.3 cm³/mol. The molecule has 1 saturated heterocycles. The van der Waals surface area contributed by atoms with Crippen LogP contribution in [0.3, 0.4) is 0 Å². The van der Waals surface area contributed by atoms with E-state index in [4.69, 9.17) is 4.74 Å². The highest BCUT2D eigenvalue weighted by Crippen LogP contribution is 2.32. The monoisotopic (exact) mass is 296 g/mol. The van der Waals surface area contributed by atoms with Crippen molar-refractivity contribution in [1.82, 2.24) is 10.2 Å². The Morgan fingerprint density at radius 2 is 2.10 bits per heavy atom. The third kappa shape index (κ3) is 4.63. The van der Waals surface area contributed by atoms with Crippen LogP contribution in [0.2, 0.25) is 0 Å². The van der Waals surface area contributed by atoms with Gasteiger partial charge in [-0.05, 0) is 19.3 Å². The fourth-order valence-corrected chi connectivity index (χ4v) is 2.61. The topological polar surface area (TPSA) is 41.6 Å². The molecule has 118 valence electrons. The van der Waals surface area contributed by atoms with Crippen molar-refractivity contribution in [3.63, 3.8) is 0 Å². The van der Waals surface area contributed by atoms with Crippen LogP contribution in [0.1, 0.15) is 33.1 Å². The van der Waals surface area contributed by atoms with Crippen molar-refractivity contribution in [1.29, 1.82) is 0 Å². The Morgan fingerprint density at radius 3 is 2.55 bits per heavy atom. The molecule has 0 aliphatic carbocycles. The minimum atomic E-state index is -4.35. The standard InChI is InChI=1S/C13H23F3N2O2/c1-4-10(8-20-3)17-11-5-6-12(13(14,15)16)18(7-11)9(2)19/h10-12,17H,4-8H2,1-3H3. The summed E-state index contributed by atoms with van der Waals surface area (Å²) in [7, 11) is 1.59. The van der Waals surface area contributed by atoms with Gasteiger partial charge >= 0.3 is 6.18 Å². The number of piperidine rings is 1. The normalized spacial score (nSPS) is 25.6. The fourth-order valence-electron chi connectivity index (χ4n) is 2.61. The molecule has 0 aromatic carbocycles. The number of alkyl halides is 3. The predicted octanol–water partition coefficient (Wildman–Crippen LogP) is 1.94. The van der Waals surface area contributed by atoms with Crippen molar-refractivity contribution < 1.29 is 22.7 Å². The van der Waals surface area contributed by atoms with E-state index in [9.17, 15) is 18.0 Å². The van der Waals surface area contributed by atoms with Gasteiger partial charge in [0, 0.05) is 32.7 Å². The lowest BCUT2D eigenvalue weighted by Gasteiger charge is -2.41. The van der Waals surface area contributed by atoms with Gasteiger partial charge in [0.1, 0.15) is 6.04 Å². The van der Waals surface area contributed by atoms with E-state index in [-0.39, 0.29) is 25.0 Å². The van der Waals surface area contributed by atoms with Crippen molar-refractivity contribution in [2.75, 3.05) is 20.3 Å². The summed E-state index contributed by atoms with van der Waals surface area (Å²) in [6, 6.07) is -1.67. The summed E-state index contributed by atoms with van der Waals surface area (Å²) in [5.41, 5.74) is 0. The lowest BCUT2D eigenvalue weighted by atomic mass is 9.96. The summed E-state index contributed by atoms with van der Waals surface area (Å²) in [6.07, 6.45) is -3.17. The number of nitrogens with one attached hydrogen (secondary N) is 1. The molecule has 1 aliphatic heterocycles. The van der Waals surface area contributed by atoms with E-state index in [1.165, 1.54) is 6.92 Å². The number of hydrogen-bond acceptors (Lipinski definition) is 3. The number of amides is 1.